The smallest absolute Gasteiger partial charge is 0.251 e. The fraction of sp³-hybridized carbons (Fsp3) is 0.500. The SMILES string of the molecule is CCCCC[C@H](C)NC(=O)c1ccc(F)cc1. The number of amides is 1. The first-order chi connectivity index (χ1) is 8.13. The average molecular weight is 237 g/mol. The van der Waals surface area contributed by atoms with Crippen molar-refractivity contribution >= 4 is 5.91 Å². The molecule has 1 rings (SSSR count). The van der Waals surface area contributed by atoms with Gasteiger partial charge in [-0.2, -0.15) is 0 Å². The highest BCUT2D eigenvalue weighted by Gasteiger charge is 2.09. The first-order valence-electron chi connectivity index (χ1n) is 6.20. The van der Waals surface area contributed by atoms with Crippen molar-refractivity contribution in [1.82, 2.24) is 5.32 Å². The summed E-state index contributed by atoms with van der Waals surface area (Å²) in [5.41, 5.74) is 0.508. The highest BCUT2D eigenvalue weighted by molar-refractivity contribution is 5.94. The molecule has 0 fully saturated rings. The van der Waals surface area contributed by atoms with Crippen molar-refractivity contribution in [3.63, 3.8) is 0 Å². The molecule has 0 aliphatic rings. The van der Waals surface area contributed by atoms with Crippen molar-refractivity contribution in [2.45, 2.75) is 45.6 Å². The van der Waals surface area contributed by atoms with Gasteiger partial charge in [0.25, 0.3) is 5.91 Å². The lowest BCUT2D eigenvalue weighted by atomic mass is 10.1. The van der Waals surface area contributed by atoms with Crippen LogP contribution >= 0.6 is 0 Å². The van der Waals surface area contributed by atoms with E-state index in [0.717, 1.165) is 12.8 Å². The number of carbonyl (C=O) groups excluding carboxylic acids is 1. The molecule has 94 valence electrons. The van der Waals surface area contributed by atoms with Gasteiger partial charge in [0.05, 0.1) is 0 Å². The van der Waals surface area contributed by atoms with Gasteiger partial charge in [0.2, 0.25) is 0 Å². The molecule has 2 nitrogen and oxygen atoms in total. The molecule has 0 bridgehead atoms. The van der Waals surface area contributed by atoms with Gasteiger partial charge in [-0.25, -0.2) is 4.39 Å². The number of unbranched alkanes of at least 4 members (excludes halogenated alkanes) is 2. The fourth-order valence-corrected chi connectivity index (χ4v) is 1.68. The van der Waals surface area contributed by atoms with Crippen molar-refractivity contribution < 1.29 is 9.18 Å². The Morgan fingerprint density at radius 3 is 2.53 bits per heavy atom. The van der Waals surface area contributed by atoms with Gasteiger partial charge in [0.1, 0.15) is 5.82 Å². The molecule has 1 atom stereocenters. The number of carbonyl (C=O) groups is 1. The number of halogens is 1. The van der Waals surface area contributed by atoms with Gasteiger partial charge in [0, 0.05) is 11.6 Å². The second kappa shape index (κ2) is 7.05. The fourth-order valence-electron chi connectivity index (χ4n) is 1.68. The molecule has 0 heterocycles. The second-order valence-corrected chi connectivity index (χ2v) is 4.38. The Kier molecular flexibility index (Phi) is 5.67. The molecular weight excluding hydrogens is 217 g/mol. The molecule has 0 aliphatic heterocycles. The minimum absolute atomic E-state index is 0.131. The third kappa shape index (κ3) is 4.98. The van der Waals surface area contributed by atoms with E-state index >= 15 is 0 Å². The predicted molar refractivity (Wildman–Crippen MR) is 67.5 cm³/mol. The molecule has 1 aromatic carbocycles. The van der Waals surface area contributed by atoms with E-state index in [2.05, 4.69) is 12.2 Å². The molecule has 0 aliphatic carbocycles. The van der Waals surface area contributed by atoms with E-state index in [0.29, 0.717) is 5.56 Å². The van der Waals surface area contributed by atoms with Crippen LogP contribution in [0, 0.1) is 5.82 Å². The van der Waals surface area contributed by atoms with Gasteiger partial charge < -0.3 is 5.32 Å². The first-order valence-corrected chi connectivity index (χ1v) is 6.20. The van der Waals surface area contributed by atoms with E-state index in [4.69, 9.17) is 0 Å². The lowest BCUT2D eigenvalue weighted by molar-refractivity contribution is 0.0938. The van der Waals surface area contributed by atoms with Crippen molar-refractivity contribution in [2.75, 3.05) is 0 Å². The highest BCUT2D eigenvalue weighted by atomic mass is 19.1. The maximum absolute atomic E-state index is 12.7. The second-order valence-electron chi connectivity index (χ2n) is 4.38. The molecule has 17 heavy (non-hydrogen) atoms. The lowest BCUT2D eigenvalue weighted by Gasteiger charge is -2.13. The van der Waals surface area contributed by atoms with Crippen LogP contribution in [-0.4, -0.2) is 11.9 Å². The molecular formula is C14H20FNO. The number of benzene rings is 1. The normalized spacial score (nSPS) is 12.2. The quantitative estimate of drug-likeness (QED) is 0.753. The highest BCUT2D eigenvalue weighted by Crippen LogP contribution is 2.06. The Balaban J connectivity index is 2.40. The minimum Gasteiger partial charge on any atom is -0.350 e. The van der Waals surface area contributed by atoms with E-state index in [1.165, 1.54) is 37.1 Å². The Bertz CT molecular complexity index is 348. The van der Waals surface area contributed by atoms with Gasteiger partial charge in [0.15, 0.2) is 0 Å². The maximum Gasteiger partial charge on any atom is 0.251 e. The molecule has 0 spiro atoms. The van der Waals surface area contributed by atoms with Crippen LogP contribution in [0.5, 0.6) is 0 Å². The summed E-state index contributed by atoms with van der Waals surface area (Å²) in [4.78, 5) is 11.8. The van der Waals surface area contributed by atoms with E-state index < -0.39 is 0 Å². The van der Waals surface area contributed by atoms with Gasteiger partial charge in [-0.05, 0) is 37.6 Å². The van der Waals surface area contributed by atoms with Crippen LogP contribution in [0.4, 0.5) is 4.39 Å². The molecule has 3 heteroatoms. The Morgan fingerprint density at radius 1 is 1.29 bits per heavy atom. The van der Waals surface area contributed by atoms with Crippen molar-refractivity contribution in [3.8, 4) is 0 Å². The molecule has 0 saturated carbocycles. The van der Waals surface area contributed by atoms with Crippen LogP contribution < -0.4 is 5.32 Å². The van der Waals surface area contributed by atoms with Crippen molar-refractivity contribution in [1.29, 1.82) is 0 Å². The molecule has 0 unspecified atom stereocenters. The molecule has 0 saturated heterocycles. The van der Waals surface area contributed by atoms with Crippen LogP contribution in [0.2, 0.25) is 0 Å². The summed E-state index contributed by atoms with van der Waals surface area (Å²) in [7, 11) is 0. The number of hydrogen-bond acceptors (Lipinski definition) is 1. The molecule has 0 radical (unpaired) electrons. The van der Waals surface area contributed by atoms with Gasteiger partial charge in [-0.1, -0.05) is 26.2 Å². The molecule has 0 aromatic heterocycles. The summed E-state index contributed by atoms with van der Waals surface area (Å²) in [5, 5.41) is 2.91. The summed E-state index contributed by atoms with van der Waals surface area (Å²) >= 11 is 0. The topological polar surface area (TPSA) is 29.1 Å². The molecule has 1 aromatic rings. The van der Waals surface area contributed by atoms with Crippen LogP contribution in [0.15, 0.2) is 24.3 Å². The van der Waals surface area contributed by atoms with Crippen LogP contribution in [0.3, 0.4) is 0 Å². The van der Waals surface area contributed by atoms with Crippen molar-refractivity contribution in [2.24, 2.45) is 0 Å². The third-order valence-corrected chi connectivity index (χ3v) is 2.72. The number of rotatable bonds is 6. The molecule has 1 N–H and O–H groups in total. The van der Waals surface area contributed by atoms with Crippen LogP contribution in [0.1, 0.15) is 49.9 Å². The van der Waals surface area contributed by atoms with E-state index in [9.17, 15) is 9.18 Å². The Hall–Kier alpha value is -1.38. The van der Waals surface area contributed by atoms with Gasteiger partial charge in [-0.15, -0.1) is 0 Å². The van der Waals surface area contributed by atoms with Gasteiger partial charge in [-0.3, -0.25) is 4.79 Å². The summed E-state index contributed by atoms with van der Waals surface area (Å²) in [6, 6.07) is 5.78. The zero-order chi connectivity index (χ0) is 12.7. The zero-order valence-corrected chi connectivity index (χ0v) is 10.5. The maximum atomic E-state index is 12.7. The van der Waals surface area contributed by atoms with Crippen LogP contribution in [0.25, 0.3) is 0 Å². The van der Waals surface area contributed by atoms with E-state index in [-0.39, 0.29) is 17.8 Å². The van der Waals surface area contributed by atoms with E-state index in [1.54, 1.807) is 0 Å². The molecule has 1 amide bonds. The van der Waals surface area contributed by atoms with Gasteiger partial charge >= 0.3 is 0 Å². The van der Waals surface area contributed by atoms with Crippen molar-refractivity contribution in [3.05, 3.63) is 35.6 Å². The largest absolute Gasteiger partial charge is 0.350 e. The average Bonchev–Trinajstić information content (AvgIpc) is 2.30. The lowest BCUT2D eigenvalue weighted by Crippen LogP contribution is -2.32. The third-order valence-electron chi connectivity index (χ3n) is 2.72. The summed E-state index contributed by atoms with van der Waals surface area (Å²) in [6.45, 7) is 4.15. The predicted octanol–water partition coefficient (Wildman–Crippen LogP) is 3.52. The Labute approximate surface area is 102 Å². The summed E-state index contributed by atoms with van der Waals surface area (Å²) < 4.78 is 12.7. The summed E-state index contributed by atoms with van der Waals surface area (Å²) in [5.74, 6) is -0.452. The standard InChI is InChI=1S/C14H20FNO/c1-3-4-5-6-11(2)16-14(17)12-7-9-13(15)10-8-12/h7-11H,3-6H2,1-2H3,(H,16,17)/t11-/m0/s1. The number of nitrogens with one attached hydrogen (secondary N) is 1. The summed E-state index contributed by atoms with van der Waals surface area (Å²) in [6.07, 6.45) is 4.48. The minimum atomic E-state index is -0.322. The number of hydrogen-bond donors (Lipinski definition) is 1. The zero-order valence-electron chi connectivity index (χ0n) is 10.5. The first kappa shape index (κ1) is 13.7. The van der Waals surface area contributed by atoms with E-state index in [1.807, 2.05) is 6.92 Å². The Morgan fingerprint density at radius 2 is 1.94 bits per heavy atom. The van der Waals surface area contributed by atoms with Crippen LogP contribution in [-0.2, 0) is 0 Å². The monoisotopic (exact) mass is 237 g/mol.